The highest BCUT2D eigenvalue weighted by atomic mass is 16.5. The van der Waals surface area contributed by atoms with Gasteiger partial charge in [0.15, 0.2) is 0 Å². The second-order valence-electron chi connectivity index (χ2n) is 5.18. The molecule has 1 unspecified atom stereocenters. The molecule has 0 aromatic heterocycles. The number of carboxylic acid groups (broad SMARTS) is 1. The summed E-state index contributed by atoms with van der Waals surface area (Å²) in [4.78, 5) is 24.5. The van der Waals surface area contributed by atoms with Gasteiger partial charge >= 0.3 is 5.97 Å². The Labute approximate surface area is 114 Å². The highest BCUT2D eigenvalue weighted by molar-refractivity contribution is 5.78. The number of rotatable bonds is 7. The largest absolute Gasteiger partial charge is 0.481 e. The van der Waals surface area contributed by atoms with Gasteiger partial charge in [0.05, 0.1) is 12.5 Å². The van der Waals surface area contributed by atoms with Gasteiger partial charge < -0.3 is 20.1 Å². The number of piperidine rings is 1. The third-order valence-corrected chi connectivity index (χ3v) is 3.42. The van der Waals surface area contributed by atoms with E-state index in [1.807, 2.05) is 0 Å². The Morgan fingerprint density at radius 2 is 2.05 bits per heavy atom. The number of aliphatic carboxylic acids is 1. The van der Waals surface area contributed by atoms with Crippen LogP contribution >= 0.6 is 0 Å². The molecule has 0 aliphatic carbocycles. The van der Waals surface area contributed by atoms with E-state index in [0.29, 0.717) is 45.0 Å². The first kappa shape index (κ1) is 15.9. The summed E-state index contributed by atoms with van der Waals surface area (Å²) in [7, 11) is 1.66. The van der Waals surface area contributed by atoms with Crippen LogP contribution in [-0.2, 0) is 14.3 Å². The Bertz CT molecular complexity index is 301. The van der Waals surface area contributed by atoms with E-state index in [9.17, 15) is 9.59 Å². The first-order chi connectivity index (χ1) is 9.04. The van der Waals surface area contributed by atoms with Crippen molar-refractivity contribution < 1.29 is 19.4 Å². The van der Waals surface area contributed by atoms with Crippen molar-refractivity contribution in [3.05, 3.63) is 0 Å². The number of carbonyl (C=O) groups excluding carboxylic acids is 1. The van der Waals surface area contributed by atoms with Crippen LogP contribution in [-0.4, -0.2) is 61.8 Å². The maximum Gasteiger partial charge on any atom is 0.306 e. The summed E-state index contributed by atoms with van der Waals surface area (Å²) in [6, 6.07) is 0. The Balaban J connectivity index is 2.19. The zero-order valence-corrected chi connectivity index (χ0v) is 11.7. The van der Waals surface area contributed by atoms with E-state index in [4.69, 9.17) is 9.84 Å². The average Bonchev–Trinajstić information content (AvgIpc) is 2.39. The highest BCUT2D eigenvalue weighted by Gasteiger charge is 2.26. The van der Waals surface area contributed by atoms with Crippen molar-refractivity contribution in [3.8, 4) is 0 Å². The predicted molar refractivity (Wildman–Crippen MR) is 70.8 cm³/mol. The lowest BCUT2D eigenvalue weighted by Gasteiger charge is -2.30. The van der Waals surface area contributed by atoms with Gasteiger partial charge in [-0.15, -0.1) is 0 Å². The second-order valence-corrected chi connectivity index (χ2v) is 5.18. The summed E-state index contributed by atoms with van der Waals surface area (Å²) in [5, 5.41) is 12.0. The fourth-order valence-corrected chi connectivity index (χ4v) is 2.26. The van der Waals surface area contributed by atoms with E-state index < -0.39 is 5.97 Å². The fourth-order valence-electron chi connectivity index (χ4n) is 2.26. The van der Waals surface area contributed by atoms with Gasteiger partial charge in [-0.3, -0.25) is 9.59 Å². The monoisotopic (exact) mass is 272 g/mol. The van der Waals surface area contributed by atoms with Gasteiger partial charge in [-0.05, 0) is 18.8 Å². The van der Waals surface area contributed by atoms with Crippen LogP contribution in [0.3, 0.4) is 0 Å². The SMILES string of the molecule is COCC(C)CNCC(=O)N1CCC(C(=O)O)CC1. The molecular weight excluding hydrogens is 248 g/mol. The molecule has 1 amide bonds. The van der Waals surface area contributed by atoms with Crippen molar-refractivity contribution in [2.24, 2.45) is 11.8 Å². The van der Waals surface area contributed by atoms with Crippen LogP contribution < -0.4 is 5.32 Å². The summed E-state index contributed by atoms with van der Waals surface area (Å²) in [6.45, 7) is 4.87. The minimum atomic E-state index is -0.751. The molecule has 6 heteroatoms. The Kier molecular flexibility index (Phi) is 6.80. The van der Waals surface area contributed by atoms with Gasteiger partial charge in [-0.2, -0.15) is 0 Å². The number of amides is 1. The lowest BCUT2D eigenvalue weighted by molar-refractivity contribution is -0.145. The first-order valence-corrected chi connectivity index (χ1v) is 6.74. The number of hydrogen-bond donors (Lipinski definition) is 2. The summed E-state index contributed by atoms with van der Waals surface area (Å²) in [5.74, 6) is -0.624. The minimum absolute atomic E-state index is 0.0495. The molecule has 2 N–H and O–H groups in total. The molecule has 1 fully saturated rings. The molecule has 1 heterocycles. The number of likely N-dealkylation sites (tertiary alicyclic amines) is 1. The molecule has 1 aliphatic rings. The van der Waals surface area contributed by atoms with E-state index in [2.05, 4.69) is 12.2 Å². The van der Waals surface area contributed by atoms with Gasteiger partial charge in [0, 0.05) is 33.4 Å². The van der Waals surface area contributed by atoms with Crippen molar-refractivity contribution >= 4 is 11.9 Å². The molecule has 0 aromatic carbocycles. The van der Waals surface area contributed by atoms with Crippen LogP contribution in [0.15, 0.2) is 0 Å². The molecule has 0 aromatic rings. The molecule has 1 saturated heterocycles. The summed E-state index contributed by atoms with van der Waals surface area (Å²) < 4.78 is 5.02. The van der Waals surface area contributed by atoms with E-state index in [0.717, 1.165) is 6.54 Å². The Hall–Kier alpha value is -1.14. The zero-order chi connectivity index (χ0) is 14.3. The van der Waals surface area contributed by atoms with E-state index in [1.54, 1.807) is 12.0 Å². The molecule has 19 heavy (non-hydrogen) atoms. The topological polar surface area (TPSA) is 78.9 Å². The lowest BCUT2D eigenvalue weighted by atomic mass is 9.97. The summed E-state index contributed by atoms with van der Waals surface area (Å²) in [6.07, 6.45) is 1.11. The molecule has 1 rings (SSSR count). The number of nitrogens with zero attached hydrogens (tertiary/aromatic N) is 1. The predicted octanol–water partition coefficient (Wildman–Crippen LogP) is 0.182. The molecule has 0 bridgehead atoms. The van der Waals surface area contributed by atoms with Crippen LogP contribution in [0.1, 0.15) is 19.8 Å². The summed E-state index contributed by atoms with van der Waals surface area (Å²) in [5.41, 5.74) is 0. The van der Waals surface area contributed by atoms with Crippen LogP contribution in [0.4, 0.5) is 0 Å². The molecule has 0 spiro atoms. The van der Waals surface area contributed by atoms with E-state index in [-0.39, 0.29) is 11.8 Å². The molecule has 0 radical (unpaired) electrons. The van der Waals surface area contributed by atoms with Gasteiger partial charge in [-0.25, -0.2) is 0 Å². The smallest absolute Gasteiger partial charge is 0.306 e. The molecule has 1 atom stereocenters. The van der Waals surface area contributed by atoms with E-state index in [1.165, 1.54) is 0 Å². The fraction of sp³-hybridized carbons (Fsp3) is 0.846. The number of carboxylic acids is 1. The Morgan fingerprint density at radius 1 is 1.42 bits per heavy atom. The second kappa shape index (κ2) is 8.12. The Morgan fingerprint density at radius 3 is 2.58 bits per heavy atom. The van der Waals surface area contributed by atoms with Crippen LogP contribution in [0, 0.1) is 11.8 Å². The number of ether oxygens (including phenoxy) is 1. The molecule has 6 nitrogen and oxygen atoms in total. The van der Waals surface area contributed by atoms with Gasteiger partial charge in [0.2, 0.25) is 5.91 Å². The summed E-state index contributed by atoms with van der Waals surface area (Å²) >= 11 is 0. The standard InChI is InChI=1S/C13H24N2O4/c1-10(9-19-2)7-14-8-12(16)15-5-3-11(4-6-15)13(17)18/h10-11,14H,3-9H2,1-2H3,(H,17,18). The van der Waals surface area contributed by atoms with Crippen molar-refractivity contribution in [1.29, 1.82) is 0 Å². The maximum absolute atomic E-state index is 11.9. The van der Waals surface area contributed by atoms with Gasteiger partial charge in [0.1, 0.15) is 0 Å². The maximum atomic E-state index is 11.9. The number of carbonyl (C=O) groups is 2. The van der Waals surface area contributed by atoms with E-state index >= 15 is 0 Å². The van der Waals surface area contributed by atoms with Crippen molar-refractivity contribution in [1.82, 2.24) is 10.2 Å². The molecule has 1 aliphatic heterocycles. The normalized spacial score (nSPS) is 18.3. The van der Waals surface area contributed by atoms with Crippen molar-refractivity contribution in [2.75, 3.05) is 39.9 Å². The molecule has 110 valence electrons. The van der Waals surface area contributed by atoms with Crippen molar-refractivity contribution in [3.63, 3.8) is 0 Å². The lowest BCUT2D eigenvalue weighted by Crippen LogP contribution is -2.44. The molecular formula is C13H24N2O4. The van der Waals surface area contributed by atoms with Crippen LogP contribution in [0.2, 0.25) is 0 Å². The van der Waals surface area contributed by atoms with Crippen LogP contribution in [0.5, 0.6) is 0 Å². The van der Waals surface area contributed by atoms with Crippen LogP contribution in [0.25, 0.3) is 0 Å². The quantitative estimate of drug-likeness (QED) is 0.691. The average molecular weight is 272 g/mol. The number of methoxy groups -OCH3 is 1. The van der Waals surface area contributed by atoms with Gasteiger partial charge in [0.25, 0.3) is 0 Å². The number of hydrogen-bond acceptors (Lipinski definition) is 4. The highest BCUT2D eigenvalue weighted by Crippen LogP contribution is 2.17. The zero-order valence-electron chi connectivity index (χ0n) is 11.7. The minimum Gasteiger partial charge on any atom is -0.481 e. The molecule has 0 saturated carbocycles. The van der Waals surface area contributed by atoms with Gasteiger partial charge in [-0.1, -0.05) is 6.92 Å². The third-order valence-electron chi connectivity index (χ3n) is 3.42. The number of nitrogens with one attached hydrogen (secondary N) is 1. The first-order valence-electron chi connectivity index (χ1n) is 6.74. The third kappa shape index (κ3) is 5.57. The van der Waals surface area contributed by atoms with Crippen molar-refractivity contribution in [2.45, 2.75) is 19.8 Å².